The minimum absolute atomic E-state index is 0.0837. The smallest absolute Gasteiger partial charge is 0.328 e. The number of hydrogen-bond acceptors (Lipinski definition) is 5. The first-order valence-corrected chi connectivity index (χ1v) is 6.12. The van der Waals surface area contributed by atoms with E-state index < -0.39 is 5.97 Å². The van der Waals surface area contributed by atoms with Crippen molar-refractivity contribution in [1.82, 2.24) is 15.3 Å². The molecule has 7 heteroatoms. The molecule has 0 unspecified atom stereocenters. The summed E-state index contributed by atoms with van der Waals surface area (Å²) in [5.41, 5.74) is 0.580. The summed E-state index contributed by atoms with van der Waals surface area (Å²) in [5.74, 6) is -0.742. The van der Waals surface area contributed by atoms with Gasteiger partial charge < -0.3 is 15.3 Å². The summed E-state index contributed by atoms with van der Waals surface area (Å²) in [4.78, 5) is 31.7. The summed E-state index contributed by atoms with van der Waals surface area (Å²) in [6, 6.07) is 0.0837. The highest BCUT2D eigenvalue weighted by molar-refractivity contribution is 5.85. The number of hydrogen-bond donors (Lipinski definition) is 2. The molecule has 108 valence electrons. The van der Waals surface area contributed by atoms with Crippen molar-refractivity contribution in [3.05, 3.63) is 24.0 Å². The fraction of sp³-hybridized carbons (Fsp3) is 0.385. The quantitative estimate of drug-likeness (QED) is 0.737. The van der Waals surface area contributed by atoms with Gasteiger partial charge in [-0.25, -0.2) is 14.8 Å². The van der Waals surface area contributed by atoms with Crippen molar-refractivity contribution >= 4 is 23.9 Å². The summed E-state index contributed by atoms with van der Waals surface area (Å²) in [6.45, 7) is 3.93. The third kappa shape index (κ3) is 5.47. The highest BCUT2D eigenvalue weighted by atomic mass is 16.4. The van der Waals surface area contributed by atoms with Crippen LogP contribution in [0.5, 0.6) is 0 Å². The van der Waals surface area contributed by atoms with Gasteiger partial charge in [-0.2, -0.15) is 0 Å². The number of rotatable bonds is 6. The first-order chi connectivity index (χ1) is 9.38. The van der Waals surface area contributed by atoms with Gasteiger partial charge in [0, 0.05) is 37.1 Å². The molecule has 0 radical (unpaired) electrons. The fourth-order valence-electron chi connectivity index (χ4n) is 1.44. The minimum Gasteiger partial charge on any atom is -0.478 e. The molecule has 0 aliphatic heterocycles. The summed E-state index contributed by atoms with van der Waals surface area (Å²) >= 11 is 0. The molecule has 1 rings (SSSR count). The van der Waals surface area contributed by atoms with E-state index in [4.69, 9.17) is 5.11 Å². The maximum atomic E-state index is 11.6. The molecule has 1 aromatic heterocycles. The normalized spacial score (nSPS) is 10.8. The molecule has 1 aromatic rings. The zero-order valence-corrected chi connectivity index (χ0v) is 11.7. The maximum Gasteiger partial charge on any atom is 0.328 e. The third-order valence-corrected chi connectivity index (χ3v) is 2.25. The number of carbonyl (C=O) groups is 2. The first-order valence-electron chi connectivity index (χ1n) is 6.12. The van der Waals surface area contributed by atoms with E-state index in [-0.39, 0.29) is 18.5 Å². The average Bonchev–Trinajstić information content (AvgIpc) is 2.35. The second-order valence-corrected chi connectivity index (χ2v) is 4.57. The fourth-order valence-corrected chi connectivity index (χ4v) is 1.44. The van der Waals surface area contributed by atoms with Crippen molar-refractivity contribution in [2.24, 2.45) is 0 Å². The molecule has 1 heterocycles. The Labute approximate surface area is 117 Å². The number of likely N-dealkylation sites (N-methyl/N-ethyl adjacent to an activating group) is 1. The van der Waals surface area contributed by atoms with Crippen LogP contribution in [0.25, 0.3) is 6.08 Å². The summed E-state index contributed by atoms with van der Waals surface area (Å²) in [5, 5.41) is 11.3. The summed E-state index contributed by atoms with van der Waals surface area (Å²) in [6.07, 6.45) is 5.41. The zero-order chi connectivity index (χ0) is 15.1. The maximum absolute atomic E-state index is 11.6. The van der Waals surface area contributed by atoms with Crippen molar-refractivity contribution in [3.8, 4) is 0 Å². The molecular formula is C13H18N4O3. The van der Waals surface area contributed by atoms with Gasteiger partial charge in [0.05, 0.1) is 6.54 Å². The van der Waals surface area contributed by atoms with Crippen molar-refractivity contribution in [2.45, 2.75) is 19.9 Å². The number of aliphatic carboxylic acids is 1. The van der Waals surface area contributed by atoms with Gasteiger partial charge in [0.1, 0.15) is 0 Å². The predicted octanol–water partition coefficient (Wildman–Crippen LogP) is 0.535. The lowest BCUT2D eigenvalue weighted by Crippen LogP contribution is -2.39. The van der Waals surface area contributed by atoms with Crippen LogP contribution in [0.4, 0.5) is 5.95 Å². The molecule has 0 atom stereocenters. The van der Waals surface area contributed by atoms with E-state index in [0.29, 0.717) is 11.5 Å². The molecule has 7 nitrogen and oxygen atoms in total. The largest absolute Gasteiger partial charge is 0.478 e. The van der Waals surface area contributed by atoms with Gasteiger partial charge in [-0.05, 0) is 19.9 Å². The zero-order valence-electron chi connectivity index (χ0n) is 11.7. The predicted molar refractivity (Wildman–Crippen MR) is 75.3 cm³/mol. The Morgan fingerprint density at radius 1 is 1.40 bits per heavy atom. The molecule has 0 saturated heterocycles. The Morgan fingerprint density at radius 3 is 2.50 bits per heavy atom. The van der Waals surface area contributed by atoms with Gasteiger partial charge in [0.2, 0.25) is 11.9 Å². The molecule has 2 N–H and O–H groups in total. The number of carboxylic acids is 1. The number of anilines is 1. The molecule has 0 aliphatic carbocycles. The lowest BCUT2D eigenvalue weighted by molar-refractivity contribution is -0.131. The van der Waals surface area contributed by atoms with E-state index in [9.17, 15) is 9.59 Å². The Balaban J connectivity index is 2.63. The van der Waals surface area contributed by atoms with Gasteiger partial charge in [0.15, 0.2) is 0 Å². The molecular weight excluding hydrogens is 260 g/mol. The monoisotopic (exact) mass is 278 g/mol. The second kappa shape index (κ2) is 7.22. The highest BCUT2D eigenvalue weighted by Gasteiger charge is 2.10. The van der Waals surface area contributed by atoms with E-state index in [2.05, 4.69) is 15.3 Å². The van der Waals surface area contributed by atoms with Gasteiger partial charge in [0.25, 0.3) is 0 Å². The first kappa shape index (κ1) is 15.6. The van der Waals surface area contributed by atoms with Gasteiger partial charge in [-0.1, -0.05) is 0 Å². The van der Waals surface area contributed by atoms with Crippen molar-refractivity contribution in [2.75, 3.05) is 18.5 Å². The molecule has 0 saturated carbocycles. The average molecular weight is 278 g/mol. The van der Waals surface area contributed by atoms with Gasteiger partial charge in [-0.3, -0.25) is 4.79 Å². The van der Waals surface area contributed by atoms with Crippen LogP contribution in [0.1, 0.15) is 19.4 Å². The van der Waals surface area contributed by atoms with Crippen molar-refractivity contribution in [3.63, 3.8) is 0 Å². The second-order valence-electron chi connectivity index (χ2n) is 4.57. The van der Waals surface area contributed by atoms with Crippen LogP contribution in [0, 0.1) is 0 Å². The lowest BCUT2D eigenvalue weighted by atomic mass is 10.3. The van der Waals surface area contributed by atoms with E-state index in [1.165, 1.54) is 18.5 Å². The van der Waals surface area contributed by atoms with E-state index >= 15 is 0 Å². The van der Waals surface area contributed by atoms with Gasteiger partial charge >= 0.3 is 5.97 Å². The Kier molecular flexibility index (Phi) is 5.64. The van der Waals surface area contributed by atoms with E-state index in [1.807, 2.05) is 13.8 Å². The van der Waals surface area contributed by atoms with Crippen LogP contribution >= 0.6 is 0 Å². The number of nitrogens with one attached hydrogen (secondary N) is 1. The van der Waals surface area contributed by atoms with Crippen molar-refractivity contribution < 1.29 is 14.7 Å². The Bertz CT molecular complexity index is 497. The minimum atomic E-state index is -1.03. The summed E-state index contributed by atoms with van der Waals surface area (Å²) in [7, 11) is 1.71. The van der Waals surface area contributed by atoms with Crippen LogP contribution < -0.4 is 10.2 Å². The lowest BCUT2D eigenvalue weighted by Gasteiger charge is -2.17. The number of carbonyl (C=O) groups excluding carboxylic acids is 1. The molecule has 1 amide bonds. The highest BCUT2D eigenvalue weighted by Crippen LogP contribution is 2.06. The molecule has 20 heavy (non-hydrogen) atoms. The Hall–Kier alpha value is -2.44. The van der Waals surface area contributed by atoms with Crippen LogP contribution in [0.2, 0.25) is 0 Å². The molecule has 0 bridgehead atoms. The van der Waals surface area contributed by atoms with E-state index in [0.717, 1.165) is 6.08 Å². The Morgan fingerprint density at radius 2 is 2.00 bits per heavy atom. The molecule has 0 fully saturated rings. The summed E-state index contributed by atoms with van der Waals surface area (Å²) < 4.78 is 0. The third-order valence-electron chi connectivity index (χ3n) is 2.25. The number of nitrogens with zero attached hydrogens (tertiary/aromatic N) is 3. The standard InChI is InChI=1S/C13H18N4O3/c1-9(2)16-11(18)8-17(3)13-14-6-10(7-15-13)4-5-12(19)20/h4-7,9H,8H2,1-3H3,(H,16,18)(H,19,20)/b5-4+. The number of amides is 1. The SMILES string of the molecule is CC(C)NC(=O)CN(C)c1ncc(/C=C/C(=O)O)cn1. The topological polar surface area (TPSA) is 95.4 Å². The van der Waals surface area contributed by atoms with Crippen LogP contribution in [0.3, 0.4) is 0 Å². The van der Waals surface area contributed by atoms with Crippen LogP contribution in [0.15, 0.2) is 18.5 Å². The van der Waals surface area contributed by atoms with Crippen LogP contribution in [-0.4, -0.2) is 46.6 Å². The van der Waals surface area contributed by atoms with Gasteiger partial charge in [-0.15, -0.1) is 0 Å². The molecule has 0 spiro atoms. The number of carboxylic acid groups (broad SMARTS) is 1. The van der Waals surface area contributed by atoms with E-state index in [1.54, 1.807) is 11.9 Å². The van der Waals surface area contributed by atoms with Crippen LogP contribution in [-0.2, 0) is 9.59 Å². The van der Waals surface area contributed by atoms with Crippen molar-refractivity contribution in [1.29, 1.82) is 0 Å². The molecule has 0 aliphatic rings. The molecule has 0 aromatic carbocycles. The number of aromatic nitrogens is 2.